The Morgan fingerprint density at radius 1 is 1.14 bits per heavy atom. The molecule has 1 saturated heterocycles. The van der Waals surface area contributed by atoms with Crippen LogP contribution in [0.4, 0.5) is 5.69 Å². The second-order valence-electron chi connectivity index (χ2n) is 9.50. The van der Waals surface area contributed by atoms with Crippen LogP contribution < -0.4 is 15.4 Å². The van der Waals surface area contributed by atoms with Gasteiger partial charge in [-0.05, 0) is 61.0 Å². The van der Waals surface area contributed by atoms with Crippen LogP contribution in [0.15, 0.2) is 67.1 Å². The number of amides is 1. The molecular weight excluding hydrogens is 470 g/mol. The summed E-state index contributed by atoms with van der Waals surface area (Å²) in [5.74, 6) is 0.559. The molecule has 2 atom stereocenters. The molecule has 0 unspecified atom stereocenters. The number of para-hydroxylation sites is 2. The van der Waals surface area contributed by atoms with Gasteiger partial charge < -0.3 is 24.8 Å². The van der Waals surface area contributed by atoms with E-state index in [4.69, 9.17) is 17.0 Å². The number of carbonyl (C=O) groups excluding carboxylic acids is 1. The van der Waals surface area contributed by atoms with E-state index in [0.717, 1.165) is 5.69 Å². The van der Waals surface area contributed by atoms with Crippen LogP contribution in [0.1, 0.15) is 67.9 Å². The summed E-state index contributed by atoms with van der Waals surface area (Å²) in [6.45, 7) is 0.495. The molecule has 1 amide bonds. The van der Waals surface area contributed by atoms with E-state index < -0.39 is 0 Å². The molecule has 2 aliphatic rings. The van der Waals surface area contributed by atoms with Crippen molar-refractivity contribution in [1.82, 2.24) is 19.8 Å². The molecule has 3 aromatic rings. The Hall–Kier alpha value is -3.39. The summed E-state index contributed by atoms with van der Waals surface area (Å²) in [5.41, 5.74) is 2.80. The van der Waals surface area contributed by atoms with E-state index in [1.165, 1.54) is 37.7 Å². The Kier molecular flexibility index (Phi) is 7.51. The van der Waals surface area contributed by atoms with E-state index in [1.54, 1.807) is 7.11 Å². The van der Waals surface area contributed by atoms with Crippen molar-refractivity contribution < 1.29 is 9.53 Å². The number of thiocarbonyl (C=S) groups is 1. The van der Waals surface area contributed by atoms with Gasteiger partial charge in [-0.2, -0.15) is 0 Å². The van der Waals surface area contributed by atoms with E-state index in [1.807, 2.05) is 48.7 Å². The van der Waals surface area contributed by atoms with Crippen molar-refractivity contribution in [3.63, 3.8) is 0 Å². The van der Waals surface area contributed by atoms with Crippen molar-refractivity contribution in [1.29, 1.82) is 0 Å². The largest absolute Gasteiger partial charge is 0.495 e. The number of aromatic nitrogens is 2. The fourth-order valence-electron chi connectivity index (χ4n) is 5.40. The summed E-state index contributed by atoms with van der Waals surface area (Å²) in [7, 11) is 1.60. The van der Waals surface area contributed by atoms with Crippen molar-refractivity contribution in [3.8, 4) is 5.75 Å². The van der Waals surface area contributed by atoms with Gasteiger partial charge in [-0.3, -0.25) is 9.78 Å². The monoisotopic (exact) mass is 503 g/mol. The van der Waals surface area contributed by atoms with Gasteiger partial charge in [0.15, 0.2) is 5.11 Å². The number of benzene rings is 1. The molecule has 188 valence electrons. The third-order valence-electron chi connectivity index (χ3n) is 7.23. The summed E-state index contributed by atoms with van der Waals surface area (Å²) in [5, 5.41) is 7.10. The van der Waals surface area contributed by atoms with Gasteiger partial charge in [0.05, 0.1) is 30.6 Å². The van der Waals surface area contributed by atoms with Crippen LogP contribution in [0.2, 0.25) is 0 Å². The number of anilines is 1. The van der Waals surface area contributed by atoms with Gasteiger partial charge in [-0.15, -0.1) is 0 Å². The summed E-state index contributed by atoms with van der Waals surface area (Å²) in [6.07, 6.45) is 13.0. The van der Waals surface area contributed by atoms with Crippen LogP contribution >= 0.6 is 12.2 Å². The fraction of sp³-hybridized carbons (Fsp3) is 0.393. The summed E-state index contributed by atoms with van der Waals surface area (Å²) >= 11 is 5.78. The number of nitrogens with zero attached hydrogens (tertiary/aromatic N) is 3. The zero-order chi connectivity index (χ0) is 24.9. The highest BCUT2D eigenvalue weighted by atomic mass is 32.1. The molecule has 0 radical (unpaired) electrons. The lowest BCUT2D eigenvalue weighted by Crippen LogP contribution is -2.32. The number of carbonyl (C=O) groups is 1. The normalized spacial score (nSPS) is 20.2. The lowest BCUT2D eigenvalue weighted by atomic mass is 9.95. The Morgan fingerprint density at radius 2 is 1.94 bits per heavy atom. The third-order valence-corrected chi connectivity index (χ3v) is 7.59. The number of hydrogen-bond donors (Lipinski definition) is 2. The smallest absolute Gasteiger partial charge is 0.226 e. The second kappa shape index (κ2) is 11.1. The molecule has 7 nitrogen and oxygen atoms in total. The van der Waals surface area contributed by atoms with Gasteiger partial charge in [0.25, 0.3) is 0 Å². The Morgan fingerprint density at radius 3 is 2.72 bits per heavy atom. The minimum Gasteiger partial charge on any atom is -0.495 e. The number of ether oxygens (including phenoxy) is 1. The van der Waals surface area contributed by atoms with Gasteiger partial charge in [0, 0.05) is 37.6 Å². The number of rotatable bonds is 8. The van der Waals surface area contributed by atoms with Crippen LogP contribution in [0, 0.1) is 0 Å². The van der Waals surface area contributed by atoms with Crippen molar-refractivity contribution in [2.45, 2.75) is 56.7 Å². The molecule has 0 bridgehead atoms. The first-order valence-electron chi connectivity index (χ1n) is 12.7. The number of nitrogens with one attached hydrogen (secondary N) is 2. The van der Waals surface area contributed by atoms with Crippen LogP contribution in [-0.4, -0.2) is 39.1 Å². The highest BCUT2D eigenvalue weighted by molar-refractivity contribution is 7.80. The predicted molar refractivity (Wildman–Crippen MR) is 145 cm³/mol. The van der Waals surface area contributed by atoms with Crippen LogP contribution in [0.3, 0.4) is 0 Å². The molecule has 1 aliphatic carbocycles. The Balaban J connectivity index is 1.35. The van der Waals surface area contributed by atoms with Crippen molar-refractivity contribution in [3.05, 3.63) is 78.4 Å². The zero-order valence-electron chi connectivity index (χ0n) is 20.6. The maximum atomic E-state index is 12.9. The highest BCUT2D eigenvalue weighted by Gasteiger charge is 2.40. The molecular formula is C28H33N5O2S. The molecule has 2 aromatic heterocycles. The minimum absolute atomic E-state index is 0.0451. The van der Waals surface area contributed by atoms with Gasteiger partial charge in [0.2, 0.25) is 5.91 Å². The van der Waals surface area contributed by atoms with E-state index >= 15 is 0 Å². The van der Waals surface area contributed by atoms with Crippen LogP contribution in [-0.2, 0) is 4.79 Å². The molecule has 1 saturated carbocycles. The van der Waals surface area contributed by atoms with Crippen LogP contribution in [0.5, 0.6) is 5.75 Å². The number of pyridine rings is 1. The standard InChI is InChI=1S/C28H33N5O2S/c1-35-24-13-6-5-11-22(24)30-25(34)15-18-33-27(26(31-28(33)36)23-12-7-8-16-29-23)20-14-17-32(19-20)21-9-3-2-4-10-21/h5-8,11-14,16-17,19,21,26-27H,2-4,9-10,15,18H2,1H3,(H,30,34)(H,31,36)/t26-,27-/m0/s1. The van der Waals surface area contributed by atoms with E-state index in [-0.39, 0.29) is 18.0 Å². The van der Waals surface area contributed by atoms with Crippen molar-refractivity contribution in [2.24, 2.45) is 0 Å². The molecule has 5 rings (SSSR count). The molecule has 36 heavy (non-hydrogen) atoms. The lowest BCUT2D eigenvalue weighted by molar-refractivity contribution is -0.116. The quantitative estimate of drug-likeness (QED) is 0.401. The minimum atomic E-state index is -0.0850. The fourth-order valence-corrected chi connectivity index (χ4v) is 5.74. The Bertz CT molecular complexity index is 1190. The van der Waals surface area contributed by atoms with Gasteiger partial charge in [-0.25, -0.2) is 0 Å². The molecule has 2 fully saturated rings. The van der Waals surface area contributed by atoms with Gasteiger partial charge in [0.1, 0.15) is 5.75 Å². The Labute approximate surface area is 217 Å². The third kappa shape index (κ3) is 5.23. The lowest BCUT2D eigenvalue weighted by Gasteiger charge is -2.27. The van der Waals surface area contributed by atoms with E-state index in [9.17, 15) is 4.79 Å². The average molecular weight is 504 g/mol. The molecule has 0 spiro atoms. The second-order valence-corrected chi connectivity index (χ2v) is 9.89. The molecule has 3 heterocycles. The number of methoxy groups -OCH3 is 1. The zero-order valence-corrected chi connectivity index (χ0v) is 21.4. The summed E-state index contributed by atoms with van der Waals surface area (Å²) < 4.78 is 7.74. The van der Waals surface area contributed by atoms with Crippen LogP contribution in [0.25, 0.3) is 0 Å². The summed E-state index contributed by atoms with van der Waals surface area (Å²) in [6, 6.07) is 16.0. The first-order chi connectivity index (χ1) is 17.6. The first-order valence-corrected chi connectivity index (χ1v) is 13.1. The van der Waals surface area contributed by atoms with E-state index in [0.29, 0.717) is 35.6 Å². The van der Waals surface area contributed by atoms with Gasteiger partial charge in [-0.1, -0.05) is 37.5 Å². The predicted octanol–water partition coefficient (Wildman–Crippen LogP) is 5.40. The maximum Gasteiger partial charge on any atom is 0.226 e. The summed E-state index contributed by atoms with van der Waals surface area (Å²) in [4.78, 5) is 19.6. The topological polar surface area (TPSA) is 71.4 Å². The average Bonchev–Trinajstić information content (AvgIpc) is 3.53. The van der Waals surface area contributed by atoms with E-state index in [2.05, 4.69) is 43.5 Å². The van der Waals surface area contributed by atoms with Crippen molar-refractivity contribution >= 4 is 28.9 Å². The highest BCUT2D eigenvalue weighted by Crippen LogP contribution is 2.40. The van der Waals surface area contributed by atoms with Gasteiger partial charge >= 0.3 is 0 Å². The molecule has 2 N–H and O–H groups in total. The first kappa shape index (κ1) is 24.3. The van der Waals surface area contributed by atoms with Crippen molar-refractivity contribution in [2.75, 3.05) is 19.0 Å². The number of hydrogen-bond acceptors (Lipinski definition) is 4. The SMILES string of the molecule is COc1ccccc1NC(=O)CCN1C(=S)N[C@@H](c2ccccn2)[C@@H]1c1ccn(C2CCCCC2)c1. The molecule has 1 aromatic carbocycles. The molecule has 8 heteroatoms. The molecule has 1 aliphatic heterocycles. The maximum absolute atomic E-state index is 12.9.